The lowest BCUT2D eigenvalue weighted by molar-refractivity contribution is 0.0215. The van der Waals surface area contributed by atoms with E-state index in [0.717, 1.165) is 11.5 Å². The third kappa shape index (κ3) is 4.55. The third-order valence-corrected chi connectivity index (χ3v) is 2.76. The molecule has 1 unspecified atom stereocenters. The Kier molecular flexibility index (Phi) is 5.20. The summed E-state index contributed by atoms with van der Waals surface area (Å²) in [6, 6.07) is 7.45. The molecule has 2 aromatic rings. The van der Waals surface area contributed by atoms with Crippen molar-refractivity contribution in [2.45, 2.75) is 25.7 Å². The van der Waals surface area contributed by atoms with Crippen molar-refractivity contribution in [3.05, 3.63) is 48.3 Å². The molecule has 2 N–H and O–H groups in total. The summed E-state index contributed by atoms with van der Waals surface area (Å²) in [6.07, 6.45) is 2.67. The van der Waals surface area contributed by atoms with Gasteiger partial charge in [-0.15, -0.1) is 0 Å². The van der Waals surface area contributed by atoms with Gasteiger partial charge in [-0.2, -0.15) is 0 Å². The Hall–Kier alpha value is -1.56. The zero-order valence-electron chi connectivity index (χ0n) is 10.9. The molecule has 19 heavy (non-hydrogen) atoms. The van der Waals surface area contributed by atoms with Crippen molar-refractivity contribution in [3.63, 3.8) is 0 Å². The van der Waals surface area contributed by atoms with E-state index >= 15 is 0 Å². The number of aliphatic hydroxyl groups is 1. The van der Waals surface area contributed by atoms with Crippen LogP contribution < -0.4 is 5.32 Å². The number of nitrogens with one attached hydrogen (secondary N) is 1. The van der Waals surface area contributed by atoms with Crippen LogP contribution in [-0.2, 0) is 11.3 Å². The molecule has 0 aliphatic carbocycles. The maximum absolute atomic E-state index is 9.78. The smallest absolute Gasteiger partial charge is 0.129 e. The van der Waals surface area contributed by atoms with Gasteiger partial charge in [-0.05, 0) is 31.2 Å². The van der Waals surface area contributed by atoms with E-state index in [0.29, 0.717) is 13.2 Å². The highest BCUT2D eigenvalue weighted by Crippen LogP contribution is 2.11. The minimum Gasteiger partial charge on any atom is -0.468 e. The third-order valence-electron chi connectivity index (χ3n) is 2.76. The summed E-state index contributed by atoms with van der Waals surface area (Å²) in [5.41, 5.74) is 0. The van der Waals surface area contributed by atoms with E-state index in [-0.39, 0.29) is 12.6 Å². The van der Waals surface area contributed by atoms with Gasteiger partial charge < -0.3 is 24.0 Å². The molecular weight excluding hydrogens is 246 g/mol. The lowest BCUT2D eigenvalue weighted by Crippen LogP contribution is -2.32. The zero-order valence-corrected chi connectivity index (χ0v) is 10.9. The van der Waals surface area contributed by atoms with E-state index in [4.69, 9.17) is 13.6 Å². The first-order valence-corrected chi connectivity index (χ1v) is 6.30. The van der Waals surface area contributed by atoms with E-state index in [2.05, 4.69) is 5.32 Å². The van der Waals surface area contributed by atoms with Crippen LogP contribution in [-0.4, -0.2) is 24.4 Å². The van der Waals surface area contributed by atoms with Crippen LogP contribution in [0.25, 0.3) is 0 Å². The maximum Gasteiger partial charge on any atom is 0.129 e. The number of furan rings is 2. The van der Waals surface area contributed by atoms with Gasteiger partial charge in [0.1, 0.15) is 18.1 Å². The molecule has 0 amide bonds. The zero-order chi connectivity index (χ0) is 13.5. The van der Waals surface area contributed by atoms with E-state index in [1.807, 2.05) is 31.2 Å². The summed E-state index contributed by atoms with van der Waals surface area (Å²) < 4.78 is 15.8. The van der Waals surface area contributed by atoms with Crippen molar-refractivity contribution in [2.75, 3.05) is 13.2 Å². The van der Waals surface area contributed by atoms with Crippen LogP contribution in [0.4, 0.5) is 0 Å². The fourth-order valence-corrected chi connectivity index (χ4v) is 1.70. The van der Waals surface area contributed by atoms with Gasteiger partial charge in [0.05, 0.1) is 31.3 Å². The van der Waals surface area contributed by atoms with E-state index in [1.165, 1.54) is 0 Å². The standard InChI is InChI=1S/C14H19NO4/c1-11(14-5-3-7-19-14)15-8-12(16)9-17-10-13-4-2-6-18-13/h2-7,11-12,15-16H,8-10H2,1H3/t11-,12?/m0/s1. The van der Waals surface area contributed by atoms with Gasteiger partial charge in [-0.1, -0.05) is 0 Å². The molecular formula is C14H19NO4. The number of ether oxygens (including phenoxy) is 1. The summed E-state index contributed by atoms with van der Waals surface area (Å²) >= 11 is 0. The van der Waals surface area contributed by atoms with Crippen LogP contribution >= 0.6 is 0 Å². The van der Waals surface area contributed by atoms with Crippen LogP contribution in [0.1, 0.15) is 24.5 Å². The lowest BCUT2D eigenvalue weighted by atomic mass is 10.2. The van der Waals surface area contributed by atoms with Crippen LogP contribution in [0.2, 0.25) is 0 Å². The van der Waals surface area contributed by atoms with Crippen LogP contribution in [0, 0.1) is 0 Å². The van der Waals surface area contributed by atoms with Gasteiger partial charge in [0.15, 0.2) is 0 Å². The fraction of sp³-hybridized carbons (Fsp3) is 0.429. The van der Waals surface area contributed by atoms with E-state index in [1.54, 1.807) is 12.5 Å². The van der Waals surface area contributed by atoms with Gasteiger partial charge in [-0.3, -0.25) is 0 Å². The van der Waals surface area contributed by atoms with Crippen LogP contribution in [0.5, 0.6) is 0 Å². The Bertz CT molecular complexity index is 438. The van der Waals surface area contributed by atoms with E-state index < -0.39 is 6.10 Å². The Morgan fingerprint density at radius 2 is 2.05 bits per heavy atom. The number of rotatable bonds is 8. The van der Waals surface area contributed by atoms with Crippen LogP contribution in [0.15, 0.2) is 45.6 Å². The second-order valence-electron chi connectivity index (χ2n) is 4.39. The molecule has 0 saturated carbocycles. The Balaban J connectivity index is 1.60. The largest absolute Gasteiger partial charge is 0.468 e. The molecule has 5 heteroatoms. The topological polar surface area (TPSA) is 67.8 Å². The maximum atomic E-state index is 9.78. The molecule has 104 valence electrons. The Labute approximate surface area is 112 Å². The van der Waals surface area contributed by atoms with Gasteiger partial charge in [0.25, 0.3) is 0 Å². The highest BCUT2D eigenvalue weighted by molar-refractivity contribution is 5.02. The molecule has 5 nitrogen and oxygen atoms in total. The molecule has 0 aliphatic heterocycles. The highest BCUT2D eigenvalue weighted by atomic mass is 16.5. The molecule has 0 saturated heterocycles. The molecule has 2 heterocycles. The quantitative estimate of drug-likeness (QED) is 0.765. The molecule has 2 atom stereocenters. The van der Waals surface area contributed by atoms with Crippen molar-refractivity contribution in [1.29, 1.82) is 0 Å². The number of hydrogen-bond donors (Lipinski definition) is 2. The average Bonchev–Trinajstić information content (AvgIpc) is 3.08. The molecule has 0 fully saturated rings. The Morgan fingerprint density at radius 3 is 2.74 bits per heavy atom. The predicted molar refractivity (Wildman–Crippen MR) is 69.5 cm³/mol. The SMILES string of the molecule is C[C@H](NCC(O)COCc1ccco1)c1ccco1. The predicted octanol–water partition coefficient (Wildman–Crippen LogP) is 2.10. The molecule has 0 bridgehead atoms. The van der Waals surface area contributed by atoms with Crippen molar-refractivity contribution < 1.29 is 18.7 Å². The number of aliphatic hydroxyl groups excluding tert-OH is 1. The second-order valence-corrected chi connectivity index (χ2v) is 4.39. The van der Waals surface area contributed by atoms with Gasteiger partial charge in [-0.25, -0.2) is 0 Å². The fourth-order valence-electron chi connectivity index (χ4n) is 1.70. The molecule has 0 spiro atoms. The molecule has 2 rings (SSSR count). The summed E-state index contributed by atoms with van der Waals surface area (Å²) in [5, 5.41) is 13.0. The van der Waals surface area contributed by atoms with Gasteiger partial charge >= 0.3 is 0 Å². The monoisotopic (exact) mass is 265 g/mol. The summed E-state index contributed by atoms with van der Waals surface area (Å²) in [7, 11) is 0. The molecule has 0 aliphatic rings. The van der Waals surface area contributed by atoms with E-state index in [9.17, 15) is 5.11 Å². The molecule has 0 aromatic carbocycles. The highest BCUT2D eigenvalue weighted by Gasteiger charge is 2.10. The normalized spacial score (nSPS) is 14.4. The van der Waals surface area contributed by atoms with Crippen molar-refractivity contribution >= 4 is 0 Å². The summed E-state index contributed by atoms with van der Waals surface area (Å²) in [6.45, 7) is 3.06. The summed E-state index contributed by atoms with van der Waals surface area (Å²) in [5.74, 6) is 1.60. The van der Waals surface area contributed by atoms with Gasteiger partial charge in [0.2, 0.25) is 0 Å². The molecule has 0 radical (unpaired) electrons. The molecule has 2 aromatic heterocycles. The lowest BCUT2D eigenvalue weighted by Gasteiger charge is -2.15. The Morgan fingerprint density at radius 1 is 1.26 bits per heavy atom. The van der Waals surface area contributed by atoms with Crippen molar-refractivity contribution in [2.24, 2.45) is 0 Å². The minimum atomic E-state index is -0.563. The van der Waals surface area contributed by atoms with Gasteiger partial charge in [0, 0.05) is 6.54 Å². The minimum absolute atomic E-state index is 0.0646. The first-order valence-electron chi connectivity index (χ1n) is 6.30. The van der Waals surface area contributed by atoms with Crippen molar-refractivity contribution in [3.8, 4) is 0 Å². The van der Waals surface area contributed by atoms with Crippen molar-refractivity contribution in [1.82, 2.24) is 5.32 Å². The average molecular weight is 265 g/mol. The second kappa shape index (κ2) is 7.13. The van der Waals surface area contributed by atoms with Crippen LogP contribution in [0.3, 0.4) is 0 Å². The summed E-state index contributed by atoms with van der Waals surface area (Å²) in [4.78, 5) is 0. The number of hydrogen-bond acceptors (Lipinski definition) is 5. The first-order chi connectivity index (χ1) is 9.25. The first kappa shape index (κ1) is 13.9.